The highest BCUT2D eigenvalue weighted by atomic mass is 16.6. The summed E-state index contributed by atoms with van der Waals surface area (Å²) in [5, 5.41) is 0. The van der Waals surface area contributed by atoms with Gasteiger partial charge in [-0.2, -0.15) is 0 Å². The van der Waals surface area contributed by atoms with Crippen LogP contribution in [0.3, 0.4) is 0 Å². The molecule has 1 saturated carbocycles. The average Bonchev–Trinajstić information content (AvgIpc) is 2.44. The third-order valence-electron chi connectivity index (χ3n) is 3.43. The molecule has 0 bridgehead atoms. The number of hydrogen-bond acceptors (Lipinski definition) is 6. The lowest BCUT2D eigenvalue weighted by Crippen LogP contribution is -2.25. The molecule has 0 heterocycles. The number of carbonyl (C=O) groups excluding carboxylic acids is 2. The Morgan fingerprint density at radius 2 is 1.15 bits per heavy atom. The van der Waals surface area contributed by atoms with Gasteiger partial charge in [0.05, 0.1) is 26.4 Å². The van der Waals surface area contributed by atoms with Gasteiger partial charge in [-0.1, -0.05) is 0 Å². The van der Waals surface area contributed by atoms with E-state index in [-0.39, 0.29) is 37.4 Å². The number of hydrogen-bond donors (Lipinski definition) is 0. The van der Waals surface area contributed by atoms with E-state index in [1.807, 2.05) is 0 Å². The largest absolute Gasteiger partial charge is 0.467 e. The van der Waals surface area contributed by atoms with Gasteiger partial charge in [-0.15, -0.1) is 0 Å². The molecule has 0 aliphatic heterocycles. The second-order valence-electron chi connectivity index (χ2n) is 4.88. The molecule has 6 nitrogen and oxygen atoms in total. The zero-order valence-corrected chi connectivity index (χ0v) is 12.3. The normalized spacial score (nSPS) is 23.5. The smallest absolute Gasteiger partial charge is 0.331 e. The number of esters is 2. The molecule has 0 saturated heterocycles. The third-order valence-corrected chi connectivity index (χ3v) is 3.43. The van der Waals surface area contributed by atoms with Gasteiger partial charge < -0.3 is 18.9 Å². The van der Waals surface area contributed by atoms with Crippen molar-refractivity contribution in [1.82, 2.24) is 0 Å². The summed E-state index contributed by atoms with van der Waals surface area (Å²) in [5.74, 6) is -0.683. The Morgan fingerprint density at radius 1 is 0.800 bits per heavy atom. The Labute approximate surface area is 119 Å². The molecule has 0 unspecified atom stereocenters. The van der Waals surface area contributed by atoms with Crippen molar-refractivity contribution in [1.29, 1.82) is 0 Å². The van der Waals surface area contributed by atoms with Gasteiger partial charge in [0.15, 0.2) is 0 Å². The van der Waals surface area contributed by atoms with E-state index in [9.17, 15) is 9.59 Å². The van der Waals surface area contributed by atoms with E-state index in [1.54, 1.807) is 0 Å². The minimum absolute atomic E-state index is 0.0173. The Balaban J connectivity index is 2.21. The minimum atomic E-state index is -0.341. The van der Waals surface area contributed by atoms with Crippen molar-refractivity contribution in [3.05, 3.63) is 0 Å². The van der Waals surface area contributed by atoms with Gasteiger partial charge in [-0.05, 0) is 38.5 Å². The zero-order valence-electron chi connectivity index (χ0n) is 12.3. The predicted molar refractivity (Wildman–Crippen MR) is 71.2 cm³/mol. The summed E-state index contributed by atoms with van der Waals surface area (Å²) in [6.45, 7) is 0.0346. The van der Waals surface area contributed by atoms with Gasteiger partial charge in [0.2, 0.25) is 0 Å². The van der Waals surface area contributed by atoms with E-state index in [2.05, 4.69) is 9.47 Å². The van der Waals surface area contributed by atoms with Crippen molar-refractivity contribution < 1.29 is 28.5 Å². The lowest BCUT2D eigenvalue weighted by Gasteiger charge is -2.24. The molecule has 6 heteroatoms. The number of carbonyl (C=O) groups is 2. The number of methoxy groups -OCH3 is 2. The summed E-state index contributed by atoms with van der Waals surface area (Å²) in [6, 6.07) is 0. The fraction of sp³-hybridized carbons (Fsp3) is 0.857. The highest BCUT2D eigenvalue weighted by Crippen LogP contribution is 2.22. The summed E-state index contributed by atoms with van der Waals surface area (Å²) in [7, 11) is 2.71. The van der Waals surface area contributed by atoms with E-state index in [1.165, 1.54) is 14.2 Å². The Morgan fingerprint density at radius 3 is 1.45 bits per heavy atom. The maximum Gasteiger partial charge on any atom is 0.331 e. The molecule has 1 rings (SSSR count). The Bertz CT molecular complexity index is 266. The highest BCUT2D eigenvalue weighted by molar-refractivity contribution is 5.70. The van der Waals surface area contributed by atoms with Crippen molar-refractivity contribution in [2.75, 3.05) is 27.4 Å². The molecule has 0 spiro atoms. The van der Waals surface area contributed by atoms with Crippen LogP contribution in [-0.4, -0.2) is 51.6 Å². The second kappa shape index (κ2) is 9.72. The summed E-state index contributed by atoms with van der Waals surface area (Å²) >= 11 is 0. The molecule has 1 aliphatic rings. The van der Waals surface area contributed by atoms with Crippen LogP contribution in [-0.2, 0) is 28.5 Å². The van der Waals surface area contributed by atoms with Gasteiger partial charge in [0.1, 0.15) is 13.2 Å². The van der Waals surface area contributed by atoms with Crippen LogP contribution in [0, 0.1) is 0 Å². The summed E-state index contributed by atoms with van der Waals surface area (Å²) in [6.07, 6.45) is 5.72. The van der Waals surface area contributed by atoms with Crippen molar-refractivity contribution in [3.8, 4) is 0 Å². The topological polar surface area (TPSA) is 71.1 Å². The summed E-state index contributed by atoms with van der Waals surface area (Å²) in [5.41, 5.74) is 0. The van der Waals surface area contributed by atoms with E-state index in [0.29, 0.717) is 0 Å². The van der Waals surface area contributed by atoms with E-state index in [4.69, 9.17) is 9.47 Å². The van der Waals surface area contributed by atoms with Crippen LogP contribution in [0.5, 0.6) is 0 Å². The zero-order chi connectivity index (χ0) is 14.8. The molecule has 0 aromatic heterocycles. The molecule has 20 heavy (non-hydrogen) atoms. The lowest BCUT2D eigenvalue weighted by molar-refractivity contribution is -0.149. The Kier molecular flexibility index (Phi) is 8.22. The molecule has 1 aliphatic carbocycles. The highest BCUT2D eigenvalue weighted by Gasteiger charge is 2.19. The fourth-order valence-electron chi connectivity index (χ4n) is 2.26. The first-order valence-corrected chi connectivity index (χ1v) is 7.02. The first-order valence-electron chi connectivity index (χ1n) is 7.02. The quantitative estimate of drug-likeness (QED) is 0.689. The average molecular weight is 288 g/mol. The van der Waals surface area contributed by atoms with E-state index < -0.39 is 0 Å². The molecule has 0 amide bonds. The molecule has 0 N–H and O–H groups in total. The molecular formula is C14H24O6. The second-order valence-corrected chi connectivity index (χ2v) is 4.88. The first-order chi connectivity index (χ1) is 9.65. The maximum absolute atomic E-state index is 11.0. The van der Waals surface area contributed by atoms with Gasteiger partial charge >= 0.3 is 11.9 Å². The summed E-state index contributed by atoms with van der Waals surface area (Å²) < 4.78 is 20.2. The molecule has 1 fully saturated rings. The lowest BCUT2D eigenvalue weighted by atomic mass is 9.96. The predicted octanol–water partition coefficient (Wildman–Crippen LogP) is 1.46. The van der Waals surface area contributed by atoms with E-state index in [0.717, 1.165) is 38.5 Å². The first kappa shape index (κ1) is 16.9. The number of ether oxygens (including phenoxy) is 4. The van der Waals surface area contributed by atoms with Crippen LogP contribution in [0.15, 0.2) is 0 Å². The molecule has 0 aromatic carbocycles. The van der Waals surface area contributed by atoms with Crippen molar-refractivity contribution in [2.45, 2.75) is 50.7 Å². The maximum atomic E-state index is 11.0. The van der Waals surface area contributed by atoms with Crippen LogP contribution in [0.4, 0.5) is 0 Å². The molecule has 116 valence electrons. The van der Waals surface area contributed by atoms with Crippen LogP contribution < -0.4 is 0 Å². The molecule has 0 atom stereocenters. The van der Waals surface area contributed by atoms with Gasteiger partial charge in [0, 0.05) is 0 Å². The van der Waals surface area contributed by atoms with Crippen LogP contribution in [0.25, 0.3) is 0 Å². The Hall–Kier alpha value is -1.14. The fourth-order valence-corrected chi connectivity index (χ4v) is 2.26. The monoisotopic (exact) mass is 288 g/mol. The standard InChI is InChI=1S/C14H24O6/c1-17-13(15)9-19-11-5-3-7-12(8-4-6-11)20-10-14(16)18-2/h11-12H,3-10H2,1-2H3. The van der Waals surface area contributed by atoms with E-state index >= 15 is 0 Å². The van der Waals surface area contributed by atoms with Crippen LogP contribution in [0.2, 0.25) is 0 Å². The molecular weight excluding hydrogens is 264 g/mol. The van der Waals surface area contributed by atoms with Crippen LogP contribution >= 0.6 is 0 Å². The SMILES string of the molecule is COC(=O)COC1CCCC(OCC(=O)OC)CCC1. The van der Waals surface area contributed by atoms with Gasteiger partial charge in [0.25, 0.3) is 0 Å². The van der Waals surface area contributed by atoms with Crippen molar-refractivity contribution in [2.24, 2.45) is 0 Å². The van der Waals surface area contributed by atoms with Crippen molar-refractivity contribution in [3.63, 3.8) is 0 Å². The summed E-state index contributed by atoms with van der Waals surface area (Å²) in [4.78, 5) is 22.1. The van der Waals surface area contributed by atoms with Gasteiger partial charge in [-0.25, -0.2) is 9.59 Å². The molecule has 0 aromatic rings. The minimum Gasteiger partial charge on any atom is -0.467 e. The number of rotatable bonds is 6. The van der Waals surface area contributed by atoms with Gasteiger partial charge in [-0.3, -0.25) is 0 Å². The molecule has 0 radical (unpaired) electrons. The van der Waals surface area contributed by atoms with Crippen LogP contribution in [0.1, 0.15) is 38.5 Å². The third kappa shape index (κ3) is 6.86. The van der Waals surface area contributed by atoms with Crippen molar-refractivity contribution >= 4 is 11.9 Å².